The summed E-state index contributed by atoms with van der Waals surface area (Å²) in [6.07, 6.45) is -1.06. The number of hydrogen-bond donors (Lipinski definition) is 2. The minimum absolute atomic E-state index is 0.237. The first-order chi connectivity index (χ1) is 12.1. The number of benzene rings is 1. The highest BCUT2D eigenvalue weighted by atomic mass is 16.6. The lowest BCUT2D eigenvalue weighted by molar-refractivity contribution is 0.0190. The monoisotopic (exact) mass is 358 g/mol. The van der Waals surface area contributed by atoms with E-state index in [1.54, 1.807) is 31.7 Å². The summed E-state index contributed by atoms with van der Waals surface area (Å²) in [6.45, 7) is 6.12. The summed E-state index contributed by atoms with van der Waals surface area (Å²) in [6, 6.07) is 4.90. The Balaban J connectivity index is 1.97. The van der Waals surface area contributed by atoms with Crippen molar-refractivity contribution in [3.63, 3.8) is 0 Å². The molecule has 2 aliphatic heterocycles. The topological polar surface area (TPSA) is 120 Å². The summed E-state index contributed by atoms with van der Waals surface area (Å²) in [5.41, 5.74) is 7.02. The van der Waals surface area contributed by atoms with Crippen LogP contribution in [0.4, 0.5) is 21.0 Å². The number of carboxylic acid groups (broad SMARTS) is 1. The van der Waals surface area contributed by atoms with Crippen LogP contribution in [0.25, 0.3) is 0 Å². The fourth-order valence-corrected chi connectivity index (χ4v) is 3.77. The van der Waals surface area contributed by atoms with Crippen LogP contribution in [0, 0.1) is 11.3 Å². The number of nitrogens with two attached hydrogens (primary N) is 1. The molecule has 0 bridgehead atoms. The van der Waals surface area contributed by atoms with Crippen LogP contribution in [-0.2, 0) is 4.74 Å². The molecule has 138 valence electrons. The van der Waals surface area contributed by atoms with E-state index < -0.39 is 17.8 Å². The SMILES string of the molecule is CC(C)(C)OC(=O)N1CC[C@H]2[C@@H](C1)c1cc(N)cc(C#N)c1N2C(=O)O. The maximum absolute atomic E-state index is 12.4. The zero-order chi connectivity index (χ0) is 19.2. The average Bonchev–Trinajstić information content (AvgIpc) is 2.86. The van der Waals surface area contributed by atoms with Gasteiger partial charge in [-0.2, -0.15) is 5.26 Å². The molecule has 0 spiro atoms. The average molecular weight is 358 g/mol. The Labute approximate surface area is 151 Å². The Hall–Kier alpha value is -2.95. The zero-order valence-corrected chi connectivity index (χ0v) is 15.0. The molecule has 2 heterocycles. The predicted octanol–water partition coefficient (Wildman–Crippen LogP) is 2.73. The lowest BCUT2D eigenvalue weighted by atomic mass is 9.88. The van der Waals surface area contributed by atoms with Crippen molar-refractivity contribution in [2.75, 3.05) is 23.7 Å². The van der Waals surface area contributed by atoms with Gasteiger partial charge in [-0.3, -0.25) is 4.90 Å². The van der Waals surface area contributed by atoms with Crippen molar-refractivity contribution in [3.8, 4) is 6.07 Å². The van der Waals surface area contributed by atoms with Gasteiger partial charge in [0.1, 0.15) is 11.7 Å². The third-order valence-corrected chi connectivity index (χ3v) is 4.69. The summed E-state index contributed by atoms with van der Waals surface area (Å²) in [7, 11) is 0. The van der Waals surface area contributed by atoms with E-state index in [2.05, 4.69) is 0 Å². The number of hydrogen-bond acceptors (Lipinski definition) is 5. The molecule has 0 aliphatic carbocycles. The van der Waals surface area contributed by atoms with Gasteiger partial charge in [-0.1, -0.05) is 0 Å². The third-order valence-electron chi connectivity index (χ3n) is 4.69. The van der Waals surface area contributed by atoms with Crippen molar-refractivity contribution >= 4 is 23.6 Å². The highest BCUT2D eigenvalue weighted by Crippen LogP contribution is 2.47. The molecule has 8 heteroatoms. The molecule has 1 saturated heterocycles. The van der Waals surface area contributed by atoms with Gasteiger partial charge < -0.3 is 20.5 Å². The van der Waals surface area contributed by atoms with E-state index in [1.165, 1.54) is 11.0 Å². The van der Waals surface area contributed by atoms with Crippen LogP contribution in [-0.4, -0.2) is 46.9 Å². The lowest BCUT2D eigenvalue weighted by Crippen LogP contribution is -2.50. The fraction of sp³-hybridized carbons (Fsp3) is 0.500. The van der Waals surface area contributed by atoms with E-state index in [4.69, 9.17) is 10.5 Å². The van der Waals surface area contributed by atoms with Crippen LogP contribution in [0.15, 0.2) is 12.1 Å². The second-order valence-corrected chi connectivity index (χ2v) is 7.66. The van der Waals surface area contributed by atoms with E-state index in [0.29, 0.717) is 36.4 Å². The Morgan fingerprint density at radius 1 is 1.38 bits per heavy atom. The Morgan fingerprint density at radius 2 is 2.08 bits per heavy atom. The van der Waals surface area contributed by atoms with Gasteiger partial charge in [0.15, 0.2) is 0 Å². The molecule has 3 rings (SSSR count). The zero-order valence-electron chi connectivity index (χ0n) is 15.0. The Bertz CT molecular complexity index is 809. The largest absolute Gasteiger partial charge is 0.465 e. The molecule has 0 saturated carbocycles. The van der Waals surface area contributed by atoms with Crippen LogP contribution in [0.3, 0.4) is 0 Å². The molecule has 1 fully saturated rings. The summed E-state index contributed by atoms with van der Waals surface area (Å²) in [5.74, 6) is -0.238. The molecule has 0 unspecified atom stereocenters. The minimum atomic E-state index is -1.11. The number of anilines is 2. The van der Waals surface area contributed by atoms with Crippen LogP contribution in [0.1, 0.15) is 44.2 Å². The molecular weight excluding hydrogens is 336 g/mol. The quantitative estimate of drug-likeness (QED) is 0.688. The highest BCUT2D eigenvalue weighted by molar-refractivity contribution is 5.93. The van der Waals surface area contributed by atoms with Crippen molar-refractivity contribution in [1.29, 1.82) is 5.26 Å². The lowest BCUT2D eigenvalue weighted by Gasteiger charge is -2.37. The van der Waals surface area contributed by atoms with E-state index >= 15 is 0 Å². The Kier molecular flexibility index (Phi) is 4.18. The number of piperidine rings is 1. The number of amides is 2. The molecule has 0 radical (unpaired) electrons. The standard InChI is InChI=1S/C18H22N4O4/c1-18(2,3)26-17(25)21-5-4-14-13(9-21)12-7-11(20)6-10(8-19)15(12)22(14)16(23)24/h6-7,13-14H,4-5,9,20H2,1-3H3,(H,23,24)/t13-,14-/m0/s1. The Morgan fingerprint density at radius 3 is 2.65 bits per heavy atom. The molecule has 2 aliphatic rings. The molecule has 2 amide bonds. The van der Waals surface area contributed by atoms with E-state index in [9.17, 15) is 20.0 Å². The van der Waals surface area contributed by atoms with Gasteiger partial charge >= 0.3 is 12.2 Å². The molecule has 8 nitrogen and oxygen atoms in total. The fourth-order valence-electron chi connectivity index (χ4n) is 3.77. The van der Waals surface area contributed by atoms with Crippen LogP contribution >= 0.6 is 0 Å². The molecule has 0 aromatic heterocycles. The first-order valence-corrected chi connectivity index (χ1v) is 8.46. The number of carbonyl (C=O) groups is 2. The summed E-state index contributed by atoms with van der Waals surface area (Å²) in [4.78, 5) is 27.1. The number of nitriles is 1. The van der Waals surface area contributed by atoms with Crippen molar-refractivity contribution < 1.29 is 19.4 Å². The molecule has 2 atom stereocenters. The molecule has 26 heavy (non-hydrogen) atoms. The van der Waals surface area contributed by atoms with Gasteiger partial charge in [-0.15, -0.1) is 0 Å². The number of nitrogens with zero attached hydrogens (tertiary/aromatic N) is 3. The second-order valence-electron chi connectivity index (χ2n) is 7.66. The first-order valence-electron chi connectivity index (χ1n) is 8.46. The normalized spacial score (nSPS) is 21.6. The van der Waals surface area contributed by atoms with Gasteiger partial charge in [-0.25, -0.2) is 9.59 Å². The minimum Gasteiger partial charge on any atom is -0.465 e. The number of likely N-dealkylation sites (tertiary alicyclic amines) is 1. The number of nitrogen functional groups attached to an aromatic ring is 1. The predicted molar refractivity (Wildman–Crippen MR) is 95.0 cm³/mol. The van der Waals surface area contributed by atoms with Crippen molar-refractivity contribution in [2.24, 2.45) is 0 Å². The maximum atomic E-state index is 12.4. The van der Waals surface area contributed by atoms with Crippen LogP contribution < -0.4 is 10.6 Å². The molecular formula is C18H22N4O4. The number of rotatable bonds is 0. The van der Waals surface area contributed by atoms with Crippen LogP contribution in [0.2, 0.25) is 0 Å². The highest BCUT2D eigenvalue weighted by Gasteiger charge is 2.47. The summed E-state index contributed by atoms with van der Waals surface area (Å²) < 4.78 is 5.44. The molecule has 3 N–H and O–H groups in total. The van der Waals surface area contributed by atoms with Gasteiger partial charge in [0.05, 0.1) is 17.3 Å². The second kappa shape index (κ2) is 6.09. The van der Waals surface area contributed by atoms with E-state index in [-0.39, 0.29) is 17.5 Å². The van der Waals surface area contributed by atoms with E-state index in [1.807, 2.05) is 6.07 Å². The summed E-state index contributed by atoms with van der Waals surface area (Å²) in [5, 5.41) is 19.1. The van der Waals surface area contributed by atoms with Gasteiger partial charge in [-0.05, 0) is 44.9 Å². The van der Waals surface area contributed by atoms with Gasteiger partial charge in [0.2, 0.25) is 0 Å². The van der Waals surface area contributed by atoms with Gasteiger partial charge in [0.25, 0.3) is 0 Å². The maximum Gasteiger partial charge on any atom is 0.412 e. The smallest absolute Gasteiger partial charge is 0.412 e. The third kappa shape index (κ3) is 3.01. The molecule has 1 aromatic carbocycles. The first kappa shape index (κ1) is 17.9. The number of fused-ring (bicyclic) bond motifs is 3. The molecule has 1 aromatic rings. The van der Waals surface area contributed by atoms with Crippen molar-refractivity contribution in [2.45, 2.75) is 44.8 Å². The van der Waals surface area contributed by atoms with Crippen LogP contribution in [0.5, 0.6) is 0 Å². The number of ether oxygens (including phenoxy) is 1. The van der Waals surface area contributed by atoms with Crippen molar-refractivity contribution in [1.82, 2.24) is 4.90 Å². The number of carbonyl (C=O) groups excluding carboxylic acids is 1. The van der Waals surface area contributed by atoms with E-state index in [0.717, 1.165) is 0 Å². The van der Waals surface area contributed by atoms with Crippen molar-refractivity contribution in [3.05, 3.63) is 23.3 Å². The summed E-state index contributed by atoms with van der Waals surface area (Å²) >= 11 is 0. The van der Waals surface area contributed by atoms with Gasteiger partial charge in [0, 0.05) is 24.7 Å².